The number of halogens is 2. The van der Waals surface area contributed by atoms with Gasteiger partial charge in [-0.05, 0) is 48.7 Å². The minimum atomic E-state index is -0.338. The Balaban J connectivity index is 2.58. The maximum Gasteiger partial charge on any atom is 0.131 e. The predicted molar refractivity (Wildman–Crippen MR) is 61.3 cm³/mol. The first kappa shape index (κ1) is 10.8. The third-order valence-corrected chi connectivity index (χ3v) is 2.48. The van der Waals surface area contributed by atoms with Gasteiger partial charge in [-0.3, -0.25) is 0 Å². The molecule has 0 aliphatic carbocycles. The molecule has 0 saturated heterocycles. The summed E-state index contributed by atoms with van der Waals surface area (Å²) in [6, 6.07) is 9.50. The molecule has 0 amide bonds. The van der Waals surface area contributed by atoms with Gasteiger partial charge in [0, 0.05) is 5.56 Å². The standard InChI is InChI=1S/C14H12F2/c1-9-3-4-13(14(16)7-9)11-5-10(2)6-12(15)8-11/h3-8H,1-2H3. The van der Waals surface area contributed by atoms with Crippen LogP contribution in [0.3, 0.4) is 0 Å². The van der Waals surface area contributed by atoms with Crippen molar-refractivity contribution in [2.24, 2.45) is 0 Å². The van der Waals surface area contributed by atoms with E-state index in [9.17, 15) is 8.78 Å². The van der Waals surface area contributed by atoms with Crippen LogP contribution in [0.2, 0.25) is 0 Å². The normalized spacial score (nSPS) is 10.5. The van der Waals surface area contributed by atoms with E-state index >= 15 is 0 Å². The van der Waals surface area contributed by atoms with Crippen LogP contribution in [0.4, 0.5) is 8.78 Å². The molecule has 0 aromatic heterocycles. The summed E-state index contributed by atoms with van der Waals surface area (Å²) in [5.41, 5.74) is 2.66. The minimum Gasteiger partial charge on any atom is -0.207 e. The second-order valence-corrected chi connectivity index (χ2v) is 4.00. The van der Waals surface area contributed by atoms with Gasteiger partial charge in [0.2, 0.25) is 0 Å². The molecule has 2 rings (SSSR count). The first-order valence-electron chi connectivity index (χ1n) is 5.10. The predicted octanol–water partition coefficient (Wildman–Crippen LogP) is 4.25. The summed E-state index contributed by atoms with van der Waals surface area (Å²) in [6.07, 6.45) is 0. The molecule has 0 bridgehead atoms. The number of hydrogen-bond donors (Lipinski definition) is 0. The van der Waals surface area contributed by atoms with E-state index in [4.69, 9.17) is 0 Å². The smallest absolute Gasteiger partial charge is 0.131 e. The van der Waals surface area contributed by atoms with Gasteiger partial charge in [-0.1, -0.05) is 18.2 Å². The van der Waals surface area contributed by atoms with E-state index in [1.54, 1.807) is 19.1 Å². The summed E-state index contributed by atoms with van der Waals surface area (Å²) in [5.74, 6) is -0.653. The second-order valence-electron chi connectivity index (χ2n) is 4.00. The van der Waals surface area contributed by atoms with Crippen molar-refractivity contribution in [3.8, 4) is 11.1 Å². The second kappa shape index (κ2) is 4.05. The van der Waals surface area contributed by atoms with Crippen molar-refractivity contribution < 1.29 is 8.78 Å². The highest BCUT2D eigenvalue weighted by atomic mass is 19.1. The zero-order valence-electron chi connectivity index (χ0n) is 9.22. The first-order chi connectivity index (χ1) is 7.56. The van der Waals surface area contributed by atoms with E-state index in [1.807, 2.05) is 13.0 Å². The highest BCUT2D eigenvalue weighted by Gasteiger charge is 2.06. The molecular formula is C14H12F2. The zero-order chi connectivity index (χ0) is 11.7. The SMILES string of the molecule is Cc1cc(F)cc(-c2ccc(C)cc2F)c1. The molecule has 2 aromatic rings. The number of benzene rings is 2. The van der Waals surface area contributed by atoms with Crippen molar-refractivity contribution in [3.63, 3.8) is 0 Å². The van der Waals surface area contributed by atoms with E-state index < -0.39 is 0 Å². The van der Waals surface area contributed by atoms with Gasteiger partial charge in [-0.15, -0.1) is 0 Å². The number of rotatable bonds is 1. The third kappa shape index (κ3) is 2.11. The van der Waals surface area contributed by atoms with Crippen LogP contribution in [-0.2, 0) is 0 Å². The van der Waals surface area contributed by atoms with Crippen LogP contribution >= 0.6 is 0 Å². The average molecular weight is 218 g/mol. The van der Waals surface area contributed by atoms with E-state index in [0.29, 0.717) is 11.1 Å². The van der Waals surface area contributed by atoms with Crippen LogP contribution in [0, 0.1) is 25.5 Å². The molecule has 0 unspecified atom stereocenters. The van der Waals surface area contributed by atoms with Gasteiger partial charge in [0.25, 0.3) is 0 Å². The van der Waals surface area contributed by atoms with Crippen LogP contribution < -0.4 is 0 Å². The molecule has 2 heteroatoms. The topological polar surface area (TPSA) is 0 Å². The van der Waals surface area contributed by atoms with Gasteiger partial charge >= 0.3 is 0 Å². The van der Waals surface area contributed by atoms with Gasteiger partial charge in [0.1, 0.15) is 11.6 Å². The van der Waals surface area contributed by atoms with Crippen molar-refractivity contribution in [2.75, 3.05) is 0 Å². The molecule has 0 radical (unpaired) electrons. The van der Waals surface area contributed by atoms with E-state index in [2.05, 4.69) is 0 Å². The van der Waals surface area contributed by atoms with Crippen molar-refractivity contribution in [2.45, 2.75) is 13.8 Å². The molecule has 0 aliphatic heterocycles. The number of aryl methyl sites for hydroxylation is 2. The molecule has 0 fully saturated rings. The van der Waals surface area contributed by atoms with E-state index in [0.717, 1.165) is 11.1 Å². The Kier molecular flexibility index (Phi) is 2.73. The first-order valence-corrected chi connectivity index (χ1v) is 5.10. The Hall–Kier alpha value is -1.70. The van der Waals surface area contributed by atoms with Crippen LogP contribution in [0.1, 0.15) is 11.1 Å². The highest BCUT2D eigenvalue weighted by Crippen LogP contribution is 2.25. The lowest BCUT2D eigenvalue weighted by Gasteiger charge is -2.06. The summed E-state index contributed by atoms with van der Waals surface area (Å²) in [5, 5.41) is 0. The highest BCUT2D eigenvalue weighted by molar-refractivity contribution is 5.65. The Labute approximate surface area is 93.5 Å². The Morgan fingerprint density at radius 2 is 1.56 bits per heavy atom. The molecule has 0 spiro atoms. The summed E-state index contributed by atoms with van der Waals surface area (Å²) in [4.78, 5) is 0. The summed E-state index contributed by atoms with van der Waals surface area (Å²) >= 11 is 0. The Morgan fingerprint density at radius 3 is 2.19 bits per heavy atom. The van der Waals surface area contributed by atoms with Crippen LogP contribution in [-0.4, -0.2) is 0 Å². The third-order valence-electron chi connectivity index (χ3n) is 2.48. The van der Waals surface area contributed by atoms with Crippen LogP contribution in [0.5, 0.6) is 0 Å². The fourth-order valence-corrected chi connectivity index (χ4v) is 1.75. The lowest BCUT2D eigenvalue weighted by Crippen LogP contribution is -1.88. The van der Waals surface area contributed by atoms with Gasteiger partial charge in [0.05, 0.1) is 0 Å². The van der Waals surface area contributed by atoms with Crippen molar-refractivity contribution >= 4 is 0 Å². The molecule has 82 valence electrons. The summed E-state index contributed by atoms with van der Waals surface area (Å²) < 4.78 is 26.9. The summed E-state index contributed by atoms with van der Waals surface area (Å²) in [7, 11) is 0. The molecule has 0 nitrogen and oxygen atoms in total. The van der Waals surface area contributed by atoms with E-state index in [1.165, 1.54) is 18.2 Å². The molecule has 0 aliphatic rings. The molecule has 0 heterocycles. The quantitative estimate of drug-likeness (QED) is 0.671. The van der Waals surface area contributed by atoms with E-state index in [-0.39, 0.29) is 11.6 Å². The average Bonchev–Trinajstić information content (AvgIpc) is 2.15. The minimum absolute atomic E-state index is 0.315. The molecule has 16 heavy (non-hydrogen) atoms. The largest absolute Gasteiger partial charge is 0.207 e. The zero-order valence-corrected chi connectivity index (χ0v) is 9.22. The van der Waals surface area contributed by atoms with Crippen molar-refractivity contribution in [3.05, 3.63) is 59.2 Å². The Bertz CT molecular complexity index is 510. The lowest BCUT2D eigenvalue weighted by molar-refractivity contribution is 0.623. The fourth-order valence-electron chi connectivity index (χ4n) is 1.75. The summed E-state index contributed by atoms with van der Waals surface area (Å²) in [6.45, 7) is 3.61. The number of hydrogen-bond acceptors (Lipinski definition) is 0. The van der Waals surface area contributed by atoms with Gasteiger partial charge in [0.15, 0.2) is 0 Å². The van der Waals surface area contributed by atoms with Gasteiger partial charge in [-0.2, -0.15) is 0 Å². The van der Waals surface area contributed by atoms with Crippen LogP contribution in [0.25, 0.3) is 11.1 Å². The molecule has 0 N–H and O–H groups in total. The molecular weight excluding hydrogens is 206 g/mol. The maximum absolute atomic E-state index is 13.7. The molecule has 0 saturated carbocycles. The lowest BCUT2D eigenvalue weighted by atomic mass is 10.0. The molecule has 2 aromatic carbocycles. The van der Waals surface area contributed by atoms with Crippen molar-refractivity contribution in [1.82, 2.24) is 0 Å². The van der Waals surface area contributed by atoms with Crippen molar-refractivity contribution in [1.29, 1.82) is 0 Å². The monoisotopic (exact) mass is 218 g/mol. The van der Waals surface area contributed by atoms with Gasteiger partial charge in [-0.25, -0.2) is 8.78 Å². The van der Waals surface area contributed by atoms with Gasteiger partial charge < -0.3 is 0 Å². The van der Waals surface area contributed by atoms with Crippen LogP contribution in [0.15, 0.2) is 36.4 Å². The fraction of sp³-hybridized carbons (Fsp3) is 0.143. The Morgan fingerprint density at radius 1 is 0.812 bits per heavy atom. The molecule has 0 atom stereocenters. The maximum atomic E-state index is 13.7.